The molecule has 0 atom stereocenters. The summed E-state index contributed by atoms with van der Waals surface area (Å²) in [7, 11) is 1.26. The Balaban J connectivity index is 2.27. The number of ether oxygens (including phenoxy) is 1. The highest BCUT2D eigenvalue weighted by atomic mass is 32.2. The number of anilines is 1. The fraction of sp³-hybridized carbons (Fsp3) is 0.143. The Bertz CT molecular complexity index is 713. The second kappa shape index (κ2) is 6.71. The van der Waals surface area contributed by atoms with E-state index in [-0.39, 0.29) is 16.0 Å². The normalized spacial score (nSPS) is 16.1. The number of esters is 1. The minimum absolute atomic E-state index is 0.224. The van der Waals surface area contributed by atoms with Crippen LogP contribution in [-0.4, -0.2) is 29.2 Å². The molecule has 0 saturated carbocycles. The first-order valence-corrected chi connectivity index (χ1v) is 7.39. The Morgan fingerprint density at radius 1 is 1.32 bits per heavy atom. The Labute approximate surface area is 136 Å². The lowest BCUT2D eigenvalue weighted by Crippen LogP contribution is -2.21. The molecule has 1 aromatic carbocycles. The molecule has 114 valence electrons. The smallest absolute Gasteiger partial charge is 0.339 e. The van der Waals surface area contributed by atoms with Crippen molar-refractivity contribution in [3.8, 4) is 0 Å². The quantitative estimate of drug-likeness (QED) is 0.498. The van der Waals surface area contributed by atoms with Crippen molar-refractivity contribution in [3.05, 3.63) is 40.3 Å². The highest BCUT2D eigenvalue weighted by Gasteiger charge is 2.27. The van der Waals surface area contributed by atoms with Gasteiger partial charge in [0.05, 0.1) is 23.3 Å². The van der Waals surface area contributed by atoms with E-state index in [2.05, 4.69) is 15.4 Å². The fourth-order valence-electron chi connectivity index (χ4n) is 1.76. The molecule has 8 heteroatoms. The van der Waals surface area contributed by atoms with Gasteiger partial charge in [0.2, 0.25) is 0 Å². The molecule has 1 aliphatic heterocycles. The lowest BCUT2D eigenvalue weighted by atomic mass is 10.1. The maximum absolute atomic E-state index is 12.3. The number of nitrogens with one attached hydrogen (secondary N) is 2. The van der Waals surface area contributed by atoms with Gasteiger partial charge in [-0.05, 0) is 19.1 Å². The predicted molar refractivity (Wildman–Crippen MR) is 87.4 cm³/mol. The first-order chi connectivity index (χ1) is 10.4. The average Bonchev–Trinajstić information content (AvgIpc) is 2.84. The minimum Gasteiger partial charge on any atom is -0.465 e. The summed E-state index contributed by atoms with van der Waals surface area (Å²) in [4.78, 5) is 35.8. The number of para-hydroxylation sites is 1. The standard InChI is InChI=1S/C14H12N2O4S2/c1-7(10-12(18)16-14(21)22-10)11(17)15-9-6-4-3-5-8(9)13(19)20-2/h3-6H,1-2H3,(H,15,17)(H,16,18,21). The van der Waals surface area contributed by atoms with Crippen molar-refractivity contribution >= 4 is 51.8 Å². The molecular weight excluding hydrogens is 324 g/mol. The number of benzene rings is 1. The lowest BCUT2D eigenvalue weighted by Gasteiger charge is -2.10. The second-order valence-electron chi connectivity index (χ2n) is 4.29. The van der Waals surface area contributed by atoms with Crippen molar-refractivity contribution in [2.24, 2.45) is 0 Å². The van der Waals surface area contributed by atoms with Crippen molar-refractivity contribution in [1.82, 2.24) is 5.32 Å². The molecule has 1 aromatic rings. The van der Waals surface area contributed by atoms with E-state index in [1.807, 2.05) is 0 Å². The van der Waals surface area contributed by atoms with E-state index in [1.165, 1.54) is 20.1 Å². The number of amides is 2. The van der Waals surface area contributed by atoms with Crippen LogP contribution in [0.15, 0.2) is 34.7 Å². The lowest BCUT2D eigenvalue weighted by molar-refractivity contribution is -0.116. The highest BCUT2D eigenvalue weighted by molar-refractivity contribution is 8.26. The number of hydrogen-bond donors (Lipinski definition) is 2. The van der Waals surface area contributed by atoms with Gasteiger partial charge in [0.15, 0.2) is 0 Å². The van der Waals surface area contributed by atoms with Crippen LogP contribution in [0.25, 0.3) is 0 Å². The van der Waals surface area contributed by atoms with Crippen LogP contribution in [0.4, 0.5) is 5.69 Å². The summed E-state index contributed by atoms with van der Waals surface area (Å²) >= 11 is 5.92. The van der Waals surface area contributed by atoms with Crippen molar-refractivity contribution in [2.45, 2.75) is 6.92 Å². The molecule has 0 bridgehead atoms. The number of thioether (sulfide) groups is 1. The zero-order valence-electron chi connectivity index (χ0n) is 11.8. The Kier molecular flexibility index (Phi) is 4.94. The van der Waals surface area contributed by atoms with E-state index in [9.17, 15) is 14.4 Å². The van der Waals surface area contributed by atoms with Crippen LogP contribution in [0.3, 0.4) is 0 Å². The van der Waals surface area contributed by atoms with Crippen LogP contribution in [0.1, 0.15) is 17.3 Å². The van der Waals surface area contributed by atoms with Crippen LogP contribution in [0.5, 0.6) is 0 Å². The molecule has 1 saturated heterocycles. The third-order valence-electron chi connectivity index (χ3n) is 2.88. The molecule has 1 heterocycles. The van der Waals surface area contributed by atoms with E-state index in [0.717, 1.165) is 11.8 Å². The van der Waals surface area contributed by atoms with Gasteiger partial charge < -0.3 is 15.4 Å². The maximum Gasteiger partial charge on any atom is 0.339 e. The van der Waals surface area contributed by atoms with Crippen molar-refractivity contribution < 1.29 is 19.1 Å². The van der Waals surface area contributed by atoms with Crippen molar-refractivity contribution in [2.75, 3.05) is 12.4 Å². The summed E-state index contributed by atoms with van der Waals surface area (Å²) in [6.45, 7) is 1.52. The van der Waals surface area contributed by atoms with Crippen molar-refractivity contribution in [1.29, 1.82) is 0 Å². The largest absolute Gasteiger partial charge is 0.465 e. The Morgan fingerprint density at radius 2 is 2.00 bits per heavy atom. The molecule has 1 fully saturated rings. The number of carbonyl (C=O) groups is 3. The second-order valence-corrected chi connectivity index (χ2v) is 5.98. The third-order valence-corrected chi connectivity index (χ3v) is 4.21. The number of thiocarbonyl (C=S) groups is 1. The van der Waals surface area contributed by atoms with E-state index in [4.69, 9.17) is 12.2 Å². The first kappa shape index (κ1) is 16.2. The fourth-order valence-corrected chi connectivity index (χ4v) is 2.82. The van der Waals surface area contributed by atoms with E-state index >= 15 is 0 Å². The van der Waals surface area contributed by atoms with Gasteiger partial charge in [-0.1, -0.05) is 36.1 Å². The number of hydrogen-bond acceptors (Lipinski definition) is 6. The van der Waals surface area contributed by atoms with Gasteiger partial charge in [0.1, 0.15) is 4.32 Å². The Morgan fingerprint density at radius 3 is 2.59 bits per heavy atom. The van der Waals surface area contributed by atoms with Crippen LogP contribution in [0, 0.1) is 0 Å². The van der Waals surface area contributed by atoms with E-state index < -0.39 is 17.8 Å². The average molecular weight is 336 g/mol. The SMILES string of the molecule is COC(=O)c1ccccc1NC(=O)C(C)=C1SC(=S)NC1=O. The number of methoxy groups -OCH3 is 1. The number of rotatable bonds is 3. The summed E-state index contributed by atoms with van der Waals surface area (Å²) in [6, 6.07) is 6.45. The summed E-state index contributed by atoms with van der Waals surface area (Å²) in [5.74, 6) is -1.45. The van der Waals surface area contributed by atoms with Gasteiger partial charge in [-0.25, -0.2) is 4.79 Å². The van der Waals surface area contributed by atoms with Gasteiger partial charge in [-0.2, -0.15) is 0 Å². The topological polar surface area (TPSA) is 84.5 Å². The zero-order valence-corrected chi connectivity index (χ0v) is 13.4. The molecule has 6 nitrogen and oxygen atoms in total. The summed E-state index contributed by atoms with van der Waals surface area (Å²) < 4.78 is 4.97. The molecule has 2 N–H and O–H groups in total. The summed E-state index contributed by atoms with van der Waals surface area (Å²) in [5.41, 5.74) is 0.766. The number of carbonyl (C=O) groups excluding carboxylic acids is 3. The summed E-state index contributed by atoms with van der Waals surface area (Å²) in [5, 5.41) is 5.05. The Hall–Kier alpha value is -2.19. The molecule has 2 rings (SSSR count). The molecule has 0 unspecified atom stereocenters. The van der Waals surface area contributed by atoms with Crippen molar-refractivity contribution in [3.63, 3.8) is 0 Å². The minimum atomic E-state index is -0.560. The van der Waals surface area contributed by atoms with E-state index in [0.29, 0.717) is 10.0 Å². The monoisotopic (exact) mass is 336 g/mol. The molecule has 0 aliphatic carbocycles. The van der Waals surface area contributed by atoms with Crippen LogP contribution in [0.2, 0.25) is 0 Å². The molecular formula is C14H12N2O4S2. The molecule has 0 spiro atoms. The van der Waals surface area contributed by atoms with Gasteiger partial charge in [-0.15, -0.1) is 0 Å². The first-order valence-electron chi connectivity index (χ1n) is 6.16. The van der Waals surface area contributed by atoms with Gasteiger partial charge in [-0.3, -0.25) is 9.59 Å². The molecule has 1 aliphatic rings. The maximum atomic E-state index is 12.3. The predicted octanol–water partition coefficient (Wildman–Crippen LogP) is 1.83. The van der Waals surface area contributed by atoms with Crippen LogP contribution >= 0.6 is 24.0 Å². The van der Waals surface area contributed by atoms with E-state index in [1.54, 1.807) is 18.2 Å². The summed E-state index contributed by atoms with van der Waals surface area (Å²) in [6.07, 6.45) is 0. The van der Waals surface area contributed by atoms with Crippen LogP contribution < -0.4 is 10.6 Å². The van der Waals surface area contributed by atoms with Gasteiger partial charge in [0.25, 0.3) is 11.8 Å². The molecule has 2 amide bonds. The van der Waals surface area contributed by atoms with Gasteiger partial charge in [0, 0.05) is 5.57 Å². The van der Waals surface area contributed by atoms with Crippen LogP contribution in [-0.2, 0) is 14.3 Å². The highest BCUT2D eigenvalue weighted by Crippen LogP contribution is 2.27. The van der Waals surface area contributed by atoms with Gasteiger partial charge >= 0.3 is 5.97 Å². The molecule has 22 heavy (non-hydrogen) atoms. The molecule has 0 radical (unpaired) electrons. The molecule has 0 aromatic heterocycles. The zero-order chi connectivity index (χ0) is 16.3. The third kappa shape index (κ3) is 3.34.